The monoisotopic (exact) mass is 409 g/mol. The van der Waals surface area contributed by atoms with Gasteiger partial charge in [-0.1, -0.05) is 28.1 Å². The summed E-state index contributed by atoms with van der Waals surface area (Å²) in [4.78, 5) is 12.0. The van der Waals surface area contributed by atoms with Crippen molar-refractivity contribution in [3.05, 3.63) is 63.0 Å². The van der Waals surface area contributed by atoms with E-state index in [4.69, 9.17) is 4.74 Å². The van der Waals surface area contributed by atoms with Gasteiger partial charge in [0, 0.05) is 20.6 Å². The van der Waals surface area contributed by atoms with Crippen molar-refractivity contribution in [1.82, 2.24) is 0 Å². The molecule has 0 spiro atoms. The molecule has 0 unspecified atom stereocenters. The standard InChI is InChI=1S/C16H13Br2NO2/c1-21-15-8-7-12(17)10-11(15)6-9-16(20)19-14-5-3-2-4-13(14)18/h2-10H,1H3,(H,19,20)/b9-6+. The topological polar surface area (TPSA) is 38.3 Å². The van der Waals surface area contributed by atoms with E-state index in [0.29, 0.717) is 5.75 Å². The highest BCUT2D eigenvalue weighted by Gasteiger charge is 2.03. The van der Waals surface area contributed by atoms with E-state index in [1.54, 1.807) is 13.2 Å². The van der Waals surface area contributed by atoms with Crippen LogP contribution in [0.4, 0.5) is 5.69 Å². The molecule has 0 aliphatic carbocycles. The fourth-order valence-corrected chi connectivity index (χ4v) is 2.50. The number of anilines is 1. The molecule has 108 valence electrons. The van der Waals surface area contributed by atoms with Gasteiger partial charge in [-0.05, 0) is 52.3 Å². The molecular weight excluding hydrogens is 398 g/mol. The van der Waals surface area contributed by atoms with Crippen molar-refractivity contribution in [2.24, 2.45) is 0 Å². The van der Waals surface area contributed by atoms with Crippen molar-refractivity contribution in [1.29, 1.82) is 0 Å². The Morgan fingerprint density at radius 1 is 1.19 bits per heavy atom. The highest BCUT2D eigenvalue weighted by atomic mass is 79.9. The molecule has 1 amide bonds. The first-order valence-electron chi connectivity index (χ1n) is 6.17. The Balaban J connectivity index is 2.12. The zero-order chi connectivity index (χ0) is 15.2. The predicted octanol–water partition coefficient (Wildman–Crippen LogP) is 4.87. The molecule has 0 bridgehead atoms. The lowest BCUT2D eigenvalue weighted by atomic mass is 10.2. The second-order valence-corrected chi connectivity index (χ2v) is 5.96. The van der Waals surface area contributed by atoms with Crippen LogP contribution in [-0.4, -0.2) is 13.0 Å². The van der Waals surface area contributed by atoms with Crippen LogP contribution in [0.1, 0.15) is 5.56 Å². The minimum Gasteiger partial charge on any atom is -0.496 e. The Hall–Kier alpha value is -1.59. The molecule has 5 heteroatoms. The zero-order valence-corrected chi connectivity index (χ0v) is 14.4. The number of hydrogen-bond acceptors (Lipinski definition) is 2. The van der Waals surface area contributed by atoms with Crippen LogP contribution in [0.5, 0.6) is 5.75 Å². The van der Waals surface area contributed by atoms with Crippen LogP contribution in [0.15, 0.2) is 57.5 Å². The van der Waals surface area contributed by atoms with Gasteiger partial charge < -0.3 is 10.1 Å². The van der Waals surface area contributed by atoms with E-state index in [0.717, 1.165) is 20.2 Å². The summed E-state index contributed by atoms with van der Waals surface area (Å²) in [6.07, 6.45) is 3.19. The highest BCUT2D eigenvalue weighted by Crippen LogP contribution is 2.24. The molecule has 0 saturated carbocycles. The lowest BCUT2D eigenvalue weighted by molar-refractivity contribution is -0.111. The second kappa shape index (κ2) is 7.43. The zero-order valence-electron chi connectivity index (χ0n) is 11.3. The molecule has 0 fully saturated rings. The number of carbonyl (C=O) groups excluding carboxylic acids is 1. The summed E-state index contributed by atoms with van der Waals surface area (Å²) in [5.41, 5.74) is 1.56. The molecule has 2 aromatic carbocycles. The van der Waals surface area contributed by atoms with E-state index in [2.05, 4.69) is 37.2 Å². The van der Waals surface area contributed by atoms with Crippen molar-refractivity contribution < 1.29 is 9.53 Å². The summed E-state index contributed by atoms with van der Waals surface area (Å²) in [6, 6.07) is 13.1. The number of carbonyl (C=O) groups is 1. The van der Waals surface area contributed by atoms with Gasteiger partial charge in [-0.3, -0.25) is 4.79 Å². The Morgan fingerprint density at radius 3 is 2.67 bits per heavy atom. The van der Waals surface area contributed by atoms with E-state index < -0.39 is 0 Å². The molecule has 0 saturated heterocycles. The number of para-hydroxylation sites is 1. The first kappa shape index (κ1) is 15.8. The van der Waals surface area contributed by atoms with Crippen molar-refractivity contribution in [3.8, 4) is 5.75 Å². The quantitative estimate of drug-likeness (QED) is 0.730. The number of benzene rings is 2. The summed E-state index contributed by atoms with van der Waals surface area (Å²) in [5, 5.41) is 2.81. The van der Waals surface area contributed by atoms with Crippen LogP contribution in [0.3, 0.4) is 0 Å². The predicted molar refractivity (Wildman–Crippen MR) is 92.5 cm³/mol. The van der Waals surface area contributed by atoms with Crippen molar-refractivity contribution in [2.75, 3.05) is 12.4 Å². The first-order chi connectivity index (χ1) is 10.1. The summed E-state index contributed by atoms with van der Waals surface area (Å²) in [6.45, 7) is 0. The van der Waals surface area contributed by atoms with Crippen LogP contribution >= 0.6 is 31.9 Å². The number of ether oxygens (including phenoxy) is 1. The van der Waals surface area contributed by atoms with E-state index in [1.165, 1.54) is 6.08 Å². The maximum atomic E-state index is 12.0. The third-order valence-electron chi connectivity index (χ3n) is 2.74. The lowest BCUT2D eigenvalue weighted by Crippen LogP contribution is -2.08. The largest absolute Gasteiger partial charge is 0.496 e. The second-order valence-electron chi connectivity index (χ2n) is 4.19. The Kier molecular flexibility index (Phi) is 5.59. The lowest BCUT2D eigenvalue weighted by Gasteiger charge is -2.06. The maximum Gasteiger partial charge on any atom is 0.248 e. The van der Waals surface area contributed by atoms with E-state index in [-0.39, 0.29) is 5.91 Å². The van der Waals surface area contributed by atoms with Crippen LogP contribution in [-0.2, 0) is 4.79 Å². The van der Waals surface area contributed by atoms with Gasteiger partial charge >= 0.3 is 0 Å². The van der Waals surface area contributed by atoms with E-state index >= 15 is 0 Å². The van der Waals surface area contributed by atoms with Crippen molar-refractivity contribution in [3.63, 3.8) is 0 Å². The molecule has 0 aromatic heterocycles. The molecule has 2 rings (SSSR count). The smallest absolute Gasteiger partial charge is 0.248 e. The molecular formula is C16H13Br2NO2. The SMILES string of the molecule is COc1ccc(Br)cc1/C=C/C(=O)Nc1ccccc1Br. The molecule has 0 heterocycles. The third-order valence-corrected chi connectivity index (χ3v) is 3.92. The average Bonchev–Trinajstić information content (AvgIpc) is 2.48. The fraction of sp³-hybridized carbons (Fsp3) is 0.0625. The van der Waals surface area contributed by atoms with Gasteiger partial charge in [0.1, 0.15) is 5.75 Å². The fourth-order valence-electron chi connectivity index (χ4n) is 1.74. The molecule has 1 N–H and O–H groups in total. The number of methoxy groups -OCH3 is 1. The third kappa shape index (κ3) is 4.44. The summed E-state index contributed by atoms with van der Waals surface area (Å²) >= 11 is 6.79. The summed E-state index contributed by atoms with van der Waals surface area (Å²) < 4.78 is 7.02. The van der Waals surface area contributed by atoms with E-state index in [1.807, 2.05) is 42.5 Å². The van der Waals surface area contributed by atoms with Gasteiger partial charge in [-0.2, -0.15) is 0 Å². The number of halogens is 2. The van der Waals surface area contributed by atoms with Crippen LogP contribution in [0.2, 0.25) is 0 Å². The minimum atomic E-state index is -0.205. The number of nitrogens with one attached hydrogen (secondary N) is 1. The first-order valence-corrected chi connectivity index (χ1v) is 7.76. The Labute approximate surface area is 140 Å². The Morgan fingerprint density at radius 2 is 1.95 bits per heavy atom. The van der Waals surface area contributed by atoms with Gasteiger partial charge in [-0.15, -0.1) is 0 Å². The maximum absolute atomic E-state index is 12.0. The van der Waals surface area contributed by atoms with Crippen LogP contribution < -0.4 is 10.1 Å². The molecule has 0 radical (unpaired) electrons. The highest BCUT2D eigenvalue weighted by molar-refractivity contribution is 9.10. The number of rotatable bonds is 4. The molecule has 0 aliphatic rings. The summed E-state index contributed by atoms with van der Waals surface area (Å²) in [7, 11) is 1.60. The number of hydrogen-bond donors (Lipinski definition) is 1. The van der Waals surface area contributed by atoms with Crippen molar-refractivity contribution >= 4 is 49.5 Å². The van der Waals surface area contributed by atoms with Crippen molar-refractivity contribution in [2.45, 2.75) is 0 Å². The Bertz CT molecular complexity index is 684. The van der Waals surface area contributed by atoms with Gasteiger partial charge in [0.25, 0.3) is 0 Å². The van der Waals surface area contributed by atoms with E-state index in [9.17, 15) is 4.79 Å². The molecule has 3 nitrogen and oxygen atoms in total. The van der Waals surface area contributed by atoms with Gasteiger partial charge in [0.05, 0.1) is 12.8 Å². The van der Waals surface area contributed by atoms with Gasteiger partial charge in [0.15, 0.2) is 0 Å². The molecule has 2 aromatic rings. The van der Waals surface area contributed by atoms with Gasteiger partial charge in [-0.25, -0.2) is 0 Å². The van der Waals surface area contributed by atoms with Crippen LogP contribution in [0.25, 0.3) is 6.08 Å². The summed E-state index contributed by atoms with van der Waals surface area (Å²) in [5.74, 6) is 0.507. The molecule has 21 heavy (non-hydrogen) atoms. The average molecular weight is 411 g/mol. The molecule has 0 atom stereocenters. The van der Waals surface area contributed by atoms with Gasteiger partial charge in [0.2, 0.25) is 5.91 Å². The van der Waals surface area contributed by atoms with Crippen LogP contribution in [0, 0.1) is 0 Å². The number of amides is 1. The normalized spacial score (nSPS) is 10.6. The minimum absolute atomic E-state index is 0.205. The molecule has 0 aliphatic heterocycles.